The summed E-state index contributed by atoms with van der Waals surface area (Å²) in [6.45, 7) is 0. The number of hydrogen-bond donors (Lipinski definition) is 2. The second-order valence-corrected chi connectivity index (χ2v) is 6.24. The fourth-order valence-electron chi connectivity index (χ4n) is 1.78. The lowest BCUT2D eigenvalue weighted by Gasteiger charge is -2.26. The Hall–Kier alpha value is -0.910. The maximum Gasteiger partial charge on any atom is 0.327 e. The van der Waals surface area contributed by atoms with Crippen molar-refractivity contribution in [3.05, 3.63) is 33.8 Å². The average Bonchev–Trinajstić information content (AvgIpc) is 2.36. The number of hydrogen-bond acceptors (Lipinski definition) is 3. The summed E-state index contributed by atoms with van der Waals surface area (Å²) in [4.78, 5) is 22.6. The second-order valence-electron chi connectivity index (χ2n) is 4.16. The highest BCUT2D eigenvalue weighted by atomic mass is 35.5. The molecule has 1 aromatic carbocycles. The fraction of sp³-hybridized carbons (Fsp3) is 0.333. The Morgan fingerprint density at radius 1 is 1.47 bits per heavy atom. The molecule has 0 radical (unpaired) electrons. The Morgan fingerprint density at radius 2 is 2.21 bits per heavy atom. The van der Waals surface area contributed by atoms with Crippen molar-refractivity contribution < 1.29 is 14.7 Å². The zero-order chi connectivity index (χ0) is 14.0. The van der Waals surface area contributed by atoms with E-state index < -0.39 is 12.0 Å². The summed E-state index contributed by atoms with van der Waals surface area (Å²) in [7, 11) is 0. The van der Waals surface area contributed by atoms with Crippen LogP contribution in [-0.4, -0.2) is 34.0 Å². The molecular formula is C12H11Cl2NO3S. The summed E-state index contributed by atoms with van der Waals surface area (Å²) in [5.74, 6) is -0.941. The monoisotopic (exact) mass is 319 g/mol. The van der Waals surface area contributed by atoms with Crippen LogP contribution in [0.3, 0.4) is 0 Å². The molecule has 1 heterocycles. The first-order chi connectivity index (χ1) is 8.97. The molecule has 0 bridgehead atoms. The molecule has 1 saturated heterocycles. The molecule has 2 rings (SSSR count). The first kappa shape index (κ1) is 14.5. The summed E-state index contributed by atoms with van der Waals surface area (Å²) >= 11 is 13.3. The molecule has 0 aliphatic carbocycles. The molecular weight excluding hydrogens is 309 g/mol. The summed E-state index contributed by atoms with van der Waals surface area (Å²) in [5, 5.41) is 12.1. The van der Waals surface area contributed by atoms with Crippen LogP contribution >= 0.6 is 35.0 Å². The van der Waals surface area contributed by atoms with E-state index in [0.717, 1.165) is 5.56 Å². The van der Waals surface area contributed by atoms with Gasteiger partial charge in [0.15, 0.2) is 0 Å². The Labute approximate surface area is 124 Å². The highest BCUT2D eigenvalue weighted by Gasteiger charge is 2.32. The van der Waals surface area contributed by atoms with Gasteiger partial charge in [0.05, 0.1) is 5.25 Å². The largest absolute Gasteiger partial charge is 0.480 e. The molecule has 2 N–H and O–H groups in total. The first-order valence-electron chi connectivity index (χ1n) is 5.56. The molecule has 1 aliphatic rings. The molecule has 4 nitrogen and oxygen atoms in total. The van der Waals surface area contributed by atoms with E-state index in [4.69, 9.17) is 28.3 Å². The van der Waals surface area contributed by atoms with Crippen molar-refractivity contribution in [2.75, 3.05) is 5.75 Å². The Balaban J connectivity index is 2.06. The quantitative estimate of drug-likeness (QED) is 0.896. The molecule has 2 atom stereocenters. The van der Waals surface area contributed by atoms with E-state index >= 15 is 0 Å². The molecule has 2 unspecified atom stereocenters. The number of carbonyl (C=O) groups is 2. The van der Waals surface area contributed by atoms with Crippen LogP contribution in [0.5, 0.6) is 0 Å². The summed E-state index contributed by atoms with van der Waals surface area (Å²) < 4.78 is 0. The summed E-state index contributed by atoms with van der Waals surface area (Å²) in [6, 6.07) is 4.27. The predicted octanol–water partition coefficient (Wildman–Crippen LogP) is 2.22. The van der Waals surface area contributed by atoms with Crippen LogP contribution in [0.15, 0.2) is 18.2 Å². The zero-order valence-electron chi connectivity index (χ0n) is 9.73. The van der Waals surface area contributed by atoms with Crippen molar-refractivity contribution >= 4 is 46.8 Å². The van der Waals surface area contributed by atoms with Gasteiger partial charge in [0.2, 0.25) is 5.91 Å². The number of aliphatic carboxylic acids is 1. The van der Waals surface area contributed by atoms with Gasteiger partial charge < -0.3 is 10.4 Å². The van der Waals surface area contributed by atoms with Gasteiger partial charge in [0, 0.05) is 15.8 Å². The zero-order valence-corrected chi connectivity index (χ0v) is 12.1. The predicted molar refractivity (Wildman–Crippen MR) is 76.0 cm³/mol. The van der Waals surface area contributed by atoms with E-state index in [1.54, 1.807) is 18.2 Å². The van der Waals surface area contributed by atoms with E-state index in [9.17, 15) is 9.59 Å². The third kappa shape index (κ3) is 3.55. The number of carboxylic acid groups (broad SMARTS) is 1. The smallest absolute Gasteiger partial charge is 0.327 e. The fourth-order valence-corrected chi connectivity index (χ4v) is 3.34. The maximum absolute atomic E-state index is 11.8. The van der Waals surface area contributed by atoms with Gasteiger partial charge in [-0.15, -0.1) is 11.8 Å². The number of amides is 1. The minimum Gasteiger partial charge on any atom is -0.480 e. The molecule has 1 aliphatic heterocycles. The standard InChI is InChI=1S/C12H11Cl2NO3S/c13-7-1-2-8(14)6(3-7)4-10-11(16)15-9(5-19-10)12(17)18/h1-3,9-10H,4-5H2,(H,15,16)(H,17,18). The summed E-state index contributed by atoms with van der Waals surface area (Å²) in [5.41, 5.74) is 0.788. The number of thioether (sulfide) groups is 1. The molecule has 19 heavy (non-hydrogen) atoms. The number of benzene rings is 1. The van der Waals surface area contributed by atoms with Crippen LogP contribution in [-0.2, 0) is 16.0 Å². The average molecular weight is 320 g/mol. The molecule has 7 heteroatoms. The van der Waals surface area contributed by atoms with E-state index in [0.29, 0.717) is 22.2 Å². The van der Waals surface area contributed by atoms with E-state index in [1.807, 2.05) is 0 Å². The van der Waals surface area contributed by atoms with Gasteiger partial charge in [-0.25, -0.2) is 4.79 Å². The molecule has 0 aromatic heterocycles. The number of halogens is 2. The second kappa shape index (κ2) is 6.03. The Bertz CT molecular complexity index is 524. The minimum absolute atomic E-state index is 0.278. The third-order valence-corrected chi connectivity index (χ3v) is 4.70. The van der Waals surface area contributed by atoms with Gasteiger partial charge in [-0.3, -0.25) is 4.79 Å². The van der Waals surface area contributed by atoms with Crippen molar-refractivity contribution in [3.8, 4) is 0 Å². The normalized spacial score (nSPS) is 22.9. The number of rotatable bonds is 3. The van der Waals surface area contributed by atoms with Crippen LogP contribution in [0, 0.1) is 0 Å². The van der Waals surface area contributed by atoms with Gasteiger partial charge in [0.25, 0.3) is 0 Å². The molecule has 1 fully saturated rings. The lowest BCUT2D eigenvalue weighted by molar-refractivity contribution is -0.141. The number of carbonyl (C=O) groups excluding carboxylic acids is 1. The van der Waals surface area contributed by atoms with Gasteiger partial charge in [-0.1, -0.05) is 23.2 Å². The SMILES string of the molecule is O=C(O)C1CSC(Cc2cc(Cl)ccc2Cl)C(=O)N1. The lowest BCUT2D eigenvalue weighted by Crippen LogP contribution is -2.51. The van der Waals surface area contributed by atoms with Crippen molar-refractivity contribution in [3.63, 3.8) is 0 Å². The first-order valence-corrected chi connectivity index (χ1v) is 7.36. The van der Waals surface area contributed by atoms with Crippen LogP contribution in [0.4, 0.5) is 0 Å². The molecule has 1 aromatic rings. The van der Waals surface area contributed by atoms with Crippen LogP contribution < -0.4 is 5.32 Å². The van der Waals surface area contributed by atoms with Crippen LogP contribution in [0.25, 0.3) is 0 Å². The summed E-state index contributed by atoms with van der Waals surface area (Å²) in [6.07, 6.45) is 0.433. The van der Waals surface area contributed by atoms with E-state index in [1.165, 1.54) is 11.8 Å². The van der Waals surface area contributed by atoms with Gasteiger partial charge in [-0.05, 0) is 30.2 Å². The molecule has 102 valence electrons. The van der Waals surface area contributed by atoms with Crippen LogP contribution in [0.1, 0.15) is 5.56 Å². The minimum atomic E-state index is -1.01. The maximum atomic E-state index is 11.8. The van der Waals surface area contributed by atoms with Gasteiger partial charge in [0.1, 0.15) is 6.04 Å². The van der Waals surface area contributed by atoms with E-state index in [-0.39, 0.29) is 11.2 Å². The molecule has 0 saturated carbocycles. The topological polar surface area (TPSA) is 66.4 Å². The number of nitrogens with one attached hydrogen (secondary N) is 1. The van der Waals surface area contributed by atoms with Crippen molar-refractivity contribution in [2.24, 2.45) is 0 Å². The van der Waals surface area contributed by atoms with Crippen molar-refractivity contribution in [2.45, 2.75) is 17.7 Å². The molecule has 0 spiro atoms. The van der Waals surface area contributed by atoms with Gasteiger partial charge >= 0.3 is 5.97 Å². The highest BCUT2D eigenvalue weighted by Crippen LogP contribution is 2.27. The van der Waals surface area contributed by atoms with Crippen LogP contribution in [0.2, 0.25) is 10.0 Å². The number of carboxylic acids is 1. The third-order valence-electron chi connectivity index (χ3n) is 2.78. The lowest BCUT2D eigenvalue weighted by atomic mass is 10.1. The Kier molecular flexibility index (Phi) is 4.60. The highest BCUT2D eigenvalue weighted by molar-refractivity contribution is 8.00. The molecule has 1 amide bonds. The van der Waals surface area contributed by atoms with E-state index in [2.05, 4.69) is 5.32 Å². The van der Waals surface area contributed by atoms with Gasteiger partial charge in [-0.2, -0.15) is 0 Å². The van der Waals surface area contributed by atoms with Crippen molar-refractivity contribution in [1.29, 1.82) is 0 Å². The van der Waals surface area contributed by atoms with Crippen molar-refractivity contribution in [1.82, 2.24) is 5.32 Å². The Morgan fingerprint density at radius 3 is 2.84 bits per heavy atom.